The molecule has 0 saturated heterocycles. The Balaban J connectivity index is 0. The molecule has 0 aliphatic heterocycles. The fourth-order valence-electron chi connectivity index (χ4n) is 2.60. The number of quaternary nitrogens is 1. The fraction of sp³-hybridized carbons (Fsp3) is 1.00. The molecule has 1 nitrogen and oxygen atoms in total. The average molecular weight is 383 g/mol. The number of hydrogen-bond donors (Lipinski definition) is 1. The van der Waals surface area contributed by atoms with Crippen LogP contribution in [0.2, 0.25) is 0 Å². The van der Waals surface area contributed by atoms with Gasteiger partial charge in [0.1, 0.15) is 0 Å². The maximum atomic E-state index is 2.31. The van der Waals surface area contributed by atoms with E-state index in [4.69, 9.17) is 0 Å². The second-order valence-corrected chi connectivity index (χ2v) is 5.83. The zero-order valence-electron chi connectivity index (χ0n) is 13.8. The van der Waals surface area contributed by atoms with Gasteiger partial charge in [-0.3, -0.25) is 0 Å². The summed E-state index contributed by atoms with van der Waals surface area (Å²) < 4.78 is 0. The van der Waals surface area contributed by atoms with E-state index in [0.29, 0.717) is 0 Å². The van der Waals surface area contributed by atoms with Crippen LogP contribution in [0, 0.1) is 0 Å². The van der Waals surface area contributed by atoms with Crippen LogP contribution in [0.4, 0.5) is 0 Å². The van der Waals surface area contributed by atoms with E-state index < -0.39 is 0 Å². The summed E-state index contributed by atoms with van der Waals surface area (Å²) in [6.45, 7) is 11.2. The van der Waals surface area contributed by atoms with Gasteiger partial charge >= 0.3 is 0 Å². The van der Waals surface area contributed by atoms with E-state index in [-0.39, 0.29) is 24.0 Å². The van der Waals surface area contributed by atoms with Gasteiger partial charge in [-0.2, -0.15) is 0 Å². The molecule has 0 heterocycles. The molecule has 118 valence electrons. The number of hydrogen-bond acceptors (Lipinski definition) is 0. The van der Waals surface area contributed by atoms with Crippen molar-refractivity contribution < 1.29 is 28.9 Å². The molecule has 0 aromatic rings. The highest BCUT2D eigenvalue weighted by atomic mass is 127. The van der Waals surface area contributed by atoms with E-state index in [1.807, 2.05) is 4.90 Å². The first-order valence-electron chi connectivity index (χ1n) is 8.68. The van der Waals surface area contributed by atoms with E-state index in [1.165, 1.54) is 90.3 Å². The SMILES string of the molecule is CCCCCC[NH+](CCCCC)CCCCCC.[I-]. The molecule has 0 aromatic heterocycles. The van der Waals surface area contributed by atoms with Crippen LogP contribution in [-0.4, -0.2) is 19.6 Å². The van der Waals surface area contributed by atoms with Gasteiger partial charge in [0.25, 0.3) is 0 Å². The molecular formula is C17H38IN. The minimum atomic E-state index is 0. The summed E-state index contributed by atoms with van der Waals surface area (Å²) in [5.41, 5.74) is 0. The van der Waals surface area contributed by atoms with Crippen LogP contribution in [0.25, 0.3) is 0 Å². The van der Waals surface area contributed by atoms with Crippen molar-refractivity contribution in [3.05, 3.63) is 0 Å². The minimum absolute atomic E-state index is 0. The lowest BCUT2D eigenvalue weighted by atomic mass is 10.1. The number of nitrogens with one attached hydrogen (secondary N) is 1. The molecule has 19 heavy (non-hydrogen) atoms. The first kappa shape index (κ1) is 22.0. The van der Waals surface area contributed by atoms with Crippen molar-refractivity contribution in [2.75, 3.05) is 19.6 Å². The van der Waals surface area contributed by atoms with Crippen LogP contribution in [-0.2, 0) is 0 Å². The van der Waals surface area contributed by atoms with Gasteiger partial charge in [-0.25, -0.2) is 0 Å². The van der Waals surface area contributed by atoms with Crippen molar-refractivity contribution in [2.24, 2.45) is 0 Å². The third-order valence-corrected chi connectivity index (χ3v) is 3.90. The van der Waals surface area contributed by atoms with E-state index >= 15 is 0 Å². The second kappa shape index (κ2) is 18.7. The molecule has 0 bridgehead atoms. The predicted octanol–water partition coefficient (Wildman–Crippen LogP) is 1.23. The number of unbranched alkanes of at least 4 members (excludes halogenated alkanes) is 8. The highest BCUT2D eigenvalue weighted by Gasteiger charge is 2.07. The Bertz CT molecular complexity index is 138. The van der Waals surface area contributed by atoms with Crippen LogP contribution < -0.4 is 28.9 Å². The Hall–Kier alpha value is 0.690. The van der Waals surface area contributed by atoms with Gasteiger partial charge in [0, 0.05) is 0 Å². The zero-order chi connectivity index (χ0) is 13.5. The molecule has 0 amide bonds. The fourth-order valence-corrected chi connectivity index (χ4v) is 2.60. The average Bonchev–Trinajstić information content (AvgIpc) is 2.39. The van der Waals surface area contributed by atoms with Crippen molar-refractivity contribution in [2.45, 2.75) is 91.4 Å². The third kappa shape index (κ3) is 16.6. The van der Waals surface area contributed by atoms with Gasteiger partial charge < -0.3 is 28.9 Å². The maximum Gasteiger partial charge on any atom is 0.0770 e. The van der Waals surface area contributed by atoms with E-state index in [9.17, 15) is 0 Å². The summed E-state index contributed by atoms with van der Waals surface area (Å²) in [6.07, 6.45) is 15.6. The summed E-state index contributed by atoms with van der Waals surface area (Å²) in [6, 6.07) is 0. The quantitative estimate of drug-likeness (QED) is 0.340. The Labute approximate surface area is 139 Å². The Kier molecular flexibility index (Phi) is 21.6. The minimum Gasteiger partial charge on any atom is -1.00 e. The summed E-state index contributed by atoms with van der Waals surface area (Å²) in [7, 11) is 0. The summed E-state index contributed by atoms with van der Waals surface area (Å²) >= 11 is 0. The summed E-state index contributed by atoms with van der Waals surface area (Å²) in [5, 5.41) is 0. The number of halogens is 1. The van der Waals surface area contributed by atoms with Gasteiger partial charge in [0.05, 0.1) is 19.6 Å². The molecule has 0 spiro atoms. The first-order chi connectivity index (χ1) is 8.85. The number of rotatable bonds is 14. The normalized spacial score (nSPS) is 10.7. The van der Waals surface area contributed by atoms with Crippen LogP contribution >= 0.6 is 0 Å². The van der Waals surface area contributed by atoms with E-state index in [1.54, 1.807) is 0 Å². The monoisotopic (exact) mass is 383 g/mol. The molecule has 0 aromatic carbocycles. The lowest BCUT2D eigenvalue weighted by Gasteiger charge is -2.19. The molecule has 1 N–H and O–H groups in total. The van der Waals surface area contributed by atoms with Crippen LogP contribution in [0.3, 0.4) is 0 Å². The molecule has 0 atom stereocenters. The van der Waals surface area contributed by atoms with Gasteiger partial charge in [-0.15, -0.1) is 0 Å². The Morgan fingerprint density at radius 1 is 0.474 bits per heavy atom. The van der Waals surface area contributed by atoms with Gasteiger partial charge in [-0.05, 0) is 38.5 Å². The highest BCUT2D eigenvalue weighted by Crippen LogP contribution is 1.98. The highest BCUT2D eigenvalue weighted by molar-refractivity contribution is 4.43. The topological polar surface area (TPSA) is 4.44 Å². The van der Waals surface area contributed by atoms with Gasteiger partial charge in [0.2, 0.25) is 0 Å². The first-order valence-corrected chi connectivity index (χ1v) is 8.68. The molecule has 0 aliphatic carbocycles. The molecule has 0 saturated carbocycles. The summed E-state index contributed by atoms with van der Waals surface area (Å²) in [4.78, 5) is 1.88. The molecule has 0 aliphatic rings. The second-order valence-electron chi connectivity index (χ2n) is 5.83. The molecule has 2 heteroatoms. The molecule has 0 unspecified atom stereocenters. The van der Waals surface area contributed by atoms with Gasteiger partial charge in [-0.1, -0.05) is 52.9 Å². The maximum absolute atomic E-state index is 2.31. The largest absolute Gasteiger partial charge is 1.00 e. The van der Waals surface area contributed by atoms with Crippen LogP contribution in [0.1, 0.15) is 91.4 Å². The molecule has 0 radical (unpaired) electrons. The van der Waals surface area contributed by atoms with Crippen molar-refractivity contribution in [1.29, 1.82) is 0 Å². The van der Waals surface area contributed by atoms with Crippen LogP contribution in [0.5, 0.6) is 0 Å². The predicted molar refractivity (Wildman–Crippen MR) is 83.4 cm³/mol. The Morgan fingerprint density at radius 2 is 0.789 bits per heavy atom. The van der Waals surface area contributed by atoms with Crippen molar-refractivity contribution in [3.63, 3.8) is 0 Å². The summed E-state index contributed by atoms with van der Waals surface area (Å²) in [5.74, 6) is 0. The third-order valence-electron chi connectivity index (χ3n) is 3.90. The van der Waals surface area contributed by atoms with Gasteiger partial charge in [0.15, 0.2) is 0 Å². The van der Waals surface area contributed by atoms with Crippen molar-refractivity contribution in [3.8, 4) is 0 Å². The standard InChI is InChI=1S/C17H37N.HI/c1-4-7-10-13-16-18(15-12-9-6-3)17-14-11-8-5-2;/h4-17H2,1-3H3;1H. The molecule has 0 fully saturated rings. The lowest BCUT2D eigenvalue weighted by Crippen LogP contribution is -3.12. The van der Waals surface area contributed by atoms with E-state index in [0.717, 1.165) is 0 Å². The molecular weight excluding hydrogens is 345 g/mol. The Morgan fingerprint density at radius 3 is 1.16 bits per heavy atom. The zero-order valence-corrected chi connectivity index (χ0v) is 15.9. The van der Waals surface area contributed by atoms with Crippen molar-refractivity contribution >= 4 is 0 Å². The van der Waals surface area contributed by atoms with Crippen molar-refractivity contribution in [1.82, 2.24) is 0 Å². The van der Waals surface area contributed by atoms with E-state index in [2.05, 4.69) is 20.8 Å². The smallest absolute Gasteiger partial charge is 0.0770 e. The lowest BCUT2D eigenvalue weighted by molar-refractivity contribution is -0.900. The van der Waals surface area contributed by atoms with Crippen LogP contribution in [0.15, 0.2) is 0 Å². The molecule has 0 rings (SSSR count).